The lowest BCUT2D eigenvalue weighted by Gasteiger charge is -1.69. The average molecular weight is 198 g/mol. The van der Waals surface area contributed by atoms with E-state index in [4.69, 9.17) is 5.11 Å². The molecule has 0 aliphatic rings. The van der Waals surface area contributed by atoms with Crippen LogP contribution in [0.25, 0.3) is 0 Å². The zero-order chi connectivity index (χ0) is 8.41. The normalized spacial score (nSPS) is 8.20. The van der Waals surface area contributed by atoms with Crippen molar-refractivity contribution >= 4 is 33.3 Å². The number of carboxylic acids is 1. The molecular formula is C3H9N2O2P3. The molecule has 10 heavy (non-hydrogen) atoms. The molecule has 0 saturated heterocycles. The predicted molar refractivity (Wildman–Crippen MR) is 49.7 cm³/mol. The molecule has 0 bridgehead atoms. The Kier molecular flexibility index (Phi) is 15.2. The van der Waals surface area contributed by atoms with Crippen LogP contribution in [-0.2, 0) is 4.79 Å². The van der Waals surface area contributed by atoms with Gasteiger partial charge in [0.1, 0.15) is 0 Å². The molecule has 0 radical (unpaired) electrons. The maximum Gasteiger partial charge on any atom is 0.327 e. The summed E-state index contributed by atoms with van der Waals surface area (Å²) in [6.45, 7) is 2.96. The zero-order valence-electron chi connectivity index (χ0n) is 5.19. The highest BCUT2D eigenvalue weighted by Gasteiger charge is 1.73. The fourth-order valence-corrected chi connectivity index (χ4v) is 0.900. The SMILES string of the molecule is C=CC(=O)O.PN=PNP. The molecule has 0 spiro atoms. The van der Waals surface area contributed by atoms with Crippen LogP contribution in [0.1, 0.15) is 0 Å². The Labute approximate surface area is 65.9 Å². The van der Waals surface area contributed by atoms with Gasteiger partial charge >= 0.3 is 5.97 Å². The number of hydrogen-bond donors (Lipinski definition) is 2. The van der Waals surface area contributed by atoms with Crippen molar-refractivity contribution in [1.82, 2.24) is 4.86 Å². The average Bonchev–Trinajstić information content (AvgIpc) is 1.91. The summed E-state index contributed by atoms with van der Waals surface area (Å²) < 4.78 is 3.61. The lowest BCUT2D eigenvalue weighted by atomic mass is 10.7. The molecule has 0 aromatic heterocycles. The molecule has 2 unspecified atom stereocenters. The Hall–Kier alpha value is 0.130. The van der Waals surface area contributed by atoms with E-state index < -0.39 is 5.97 Å². The summed E-state index contributed by atoms with van der Waals surface area (Å²) in [7, 11) is 5.45. The van der Waals surface area contributed by atoms with E-state index in [1.807, 2.05) is 0 Å². The van der Waals surface area contributed by atoms with E-state index in [0.717, 1.165) is 14.6 Å². The minimum Gasteiger partial charge on any atom is -0.478 e. The summed E-state index contributed by atoms with van der Waals surface area (Å²) in [5, 5.41) is 7.60. The van der Waals surface area contributed by atoms with Gasteiger partial charge in [0.15, 0.2) is 0 Å². The maximum atomic E-state index is 9.25. The smallest absolute Gasteiger partial charge is 0.327 e. The van der Waals surface area contributed by atoms with Gasteiger partial charge in [-0.05, 0) is 9.39 Å². The van der Waals surface area contributed by atoms with Crippen LogP contribution >= 0.6 is 27.3 Å². The Bertz CT molecular complexity index is 127. The van der Waals surface area contributed by atoms with Crippen LogP contribution in [-0.4, -0.2) is 11.1 Å². The third-order valence-corrected chi connectivity index (χ3v) is 1.21. The zero-order valence-corrected chi connectivity index (χ0v) is 8.39. The Balaban J connectivity index is 0. The molecule has 0 heterocycles. The van der Waals surface area contributed by atoms with Crippen LogP contribution in [0.5, 0.6) is 0 Å². The Morgan fingerprint density at radius 1 is 1.90 bits per heavy atom. The van der Waals surface area contributed by atoms with Crippen molar-refractivity contribution in [2.45, 2.75) is 0 Å². The Morgan fingerprint density at radius 2 is 2.30 bits per heavy atom. The standard InChI is InChI=1S/C3H4O2.H5N2P3/c1-2-3(4)5;3-1-5-2-4/h2H,1H2,(H,4,5);3-4H2,(H,1,2). The molecule has 58 valence electrons. The van der Waals surface area contributed by atoms with Crippen molar-refractivity contribution in [3.63, 3.8) is 0 Å². The van der Waals surface area contributed by atoms with Crippen molar-refractivity contribution in [2.75, 3.05) is 0 Å². The molecule has 0 aliphatic heterocycles. The van der Waals surface area contributed by atoms with Gasteiger partial charge in [-0.15, -0.1) is 0 Å². The molecular weight excluding hydrogens is 189 g/mol. The van der Waals surface area contributed by atoms with Crippen molar-refractivity contribution in [3.05, 3.63) is 12.7 Å². The summed E-state index contributed by atoms with van der Waals surface area (Å²) in [5.41, 5.74) is 0. The lowest BCUT2D eigenvalue weighted by molar-refractivity contribution is -0.131. The molecule has 7 heteroatoms. The van der Waals surface area contributed by atoms with Crippen LogP contribution in [0.15, 0.2) is 17.2 Å². The molecule has 0 aliphatic carbocycles. The van der Waals surface area contributed by atoms with Gasteiger partial charge in [0.05, 0.1) is 8.52 Å². The van der Waals surface area contributed by atoms with E-state index in [9.17, 15) is 4.79 Å². The number of carbonyl (C=O) groups is 1. The molecule has 2 N–H and O–H groups in total. The number of aliphatic carboxylic acids is 1. The van der Waals surface area contributed by atoms with E-state index in [1.54, 1.807) is 0 Å². The molecule has 0 fully saturated rings. The molecule has 4 nitrogen and oxygen atoms in total. The second-order valence-corrected chi connectivity index (χ2v) is 3.04. The molecule has 0 aromatic carbocycles. The van der Waals surface area contributed by atoms with Crippen LogP contribution in [0.4, 0.5) is 0 Å². The largest absolute Gasteiger partial charge is 0.478 e. The fraction of sp³-hybridized carbons (Fsp3) is 0. The van der Waals surface area contributed by atoms with Gasteiger partial charge in [-0.2, -0.15) is 0 Å². The first-order valence-electron chi connectivity index (χ1n) is 2.10. The van der Waals surface area contributed by atoms with Gasteiger partial charge in [0.25, 0.3) is 0 Å². The number of carboxylic acid groups (broad SMARTS) is 1. The van der Waals surface area contributed by atoms with Gasteiger partial charge in [-0.1, -0.05) is 16.0 Å². The van der Waals surface area contributed by atoms with Crippen LogP contribution in [0.2, 0.25) is 0 Å². The summed E-state index contributed by atoms with van der Waals surface area (Å²) in [6.07, 6.45) is 0.833. The topological polar surface area (TPSA) is 61.7 Å². The first-order valence-corrected chi connectivity index (χ1v) is 4.04. The maximum absolute atomic E-state index is 9.25. The monoisotopic (exact) mass is 198 g/mol. The third-order valence-electron chi connectivity index (χ3n) is 0.290. The summed E-state index contributed by atoms with van der Waals surface area (Å²) >= 11 is 0. The molecule has 0 aromatic rings. The summed E-state index contributed by atoms with van der Waals surface area (Å²) in [4.78, 5) is 12.0. The second-order valence-electron chi connectivity index (χ2n) is 0.887. The summed E-state index contributed by atoms with van der Waals surface area (Å²) in [6, 6.07) is 0. The molecule has 0 amide bonds. The molecule has 0 rings (SSSR count). The number of hydrogen-bond acceptors (Lipinski definition) is 2. The minimum atomic E-state index is -0.981. The Morgan fingerprint density at radius 3 is 2.30 bits per heavy atom. The van der Waals surface area contributed by atoms with Crippen molar-refractivity contribution in [1.29, 1.82) is 0 Å². The van der Waals surface area contributed by atoms with Crippen molar-refractivity contribution in [2.24, 2.45) is 4.52 Å². The first kappa shape index (κ1) is 12.8. The molecule has 2 atom stereocenters. The van der Waals surface area contributed by atoms with Gasteiger partial charge < -0.3 is 5.11 Å². The first-order chi connectivity index (χ1) is 4.68. The highest BCUT2D eigenvalue weighted by Crippen LogP contribution is 1.98. The minimum absolute atomic E-state index is 0.833. The fourth-order valence-electron chi connectivity index (χ4n) is 0.0333. The van der Waals surface area contributed by atoms with Crippen molar-refractivity contribution in [3.8, 4) is 0 Å². The summed E-state index contributed by atoms with van der Waals surface area (Å²) in [5.74, 6) is -0.981. The highest BCUT2D eigenvalue weighted by atomic mass is 31.1. The third kappa shape index (κ3) is 24.2. The number of nitrogens with zero attached hydrogens (tertiary/aromatic N) is 1. The van der Waals surface area contributed by atoms with Gasteiger partial charge in [-0.3, -0.25) is 0 Å². The lowest BCUT2D eigenvalue weighted by Crippen LogP contribution is -1.82. The number of rotatable bonds is 2. The van der Waals surface area contributed by atoms with Crippen molar-refractivity contribution < 1.29 is 9.90 Å². The predicted octanol–water partition coefficient (Wildman–Crippen LogP) is 1.46. The van der Waals surface area contributed by atoms with Gasteiger partial charge in [0, 0.05) is 6.08 Å². The second kappa shape index (κ2) is 11.9. The van der Waals surface area contributed by atoms with E-state index in [2.05, 4.69) is 34.7 Å². The van der Waals surface area contributed by atoms with Crippen LogP contribution < -0.4 is 4.86 Å². The quantitative estimate of drug-likeness (QED) is 0.521. The highest BCUT2D eigenvalue weighted by molar-refractivity contribution is 7.41. The number of nitrogens with one attached hydrogen (secondary N) is 1. The molecule has 0 saturated carbocycles. The van der Waals surface area contributed by atoms with Crippen LogP contribution in [0.3, 0.4) is 0 Å². The van der Waals surface area contributed by atoms with E-state index in [0.29, 0.717) is 0 Å². The van der Waals surface area contributed by atoms with Crippen LogP contribution in [0, 0.1) is 0 Å². The van der Waals surface area contributed by atoms with Gasteiger partial charge in [0.2, 0.25) is 0 Å². The van der Waals surface area contributed by atoms with E-state index in [1.165, 1.54) is 0 Å². The van der Waals surface area contributed by atoms with Gasteiger partial charge in [-0.25, -0.2) is 14.2 Å². The van der Waals surface area contributed by atoms with E-state index >= 15 is 0 Å². The van der Waals surface area contributed by atoms with E-state index in [-0.39, 0.29) is 0 Å².